The highest BCUT2D eigenvalue weighted by Crippen LogP contribution is 2.32. The van der Waals surface area contributed by atoms with Gasteiger partial charge in [0.15, 0.2) is 5.82 Å². The fraction of sp³-hybridized carbons (Fsp3) is 0.667. The van der Waals surface area contributed by atoms with E-state index in [1.165, 1.54) is 0 Å². The molecule has 174 valence electrons. The maximum absolute atomic E-state index is 13.4. The summed E-state index contributed by atoms with van der Waals surface area (Å²) in [7, 11) is 1.86. The van der Waals surface area contributed by atoms with Crippen molar-refractivity contribution in [3.63, 3.8) is 0 Å². The fourth-order valence-corrected chi connectivity index (χ4v) is 4.14. The molecule has 0 radical (unpaired) electrons. The van der Waals surface area contributed by atoms with Gasteiger partial charge in [-0.15, -0.1) is 0 Å². The molecular formula is C21H32N8O3. The number of carbonyl (C=O) groups excluding carboxylic acids is 1. The third-order valence-electron chi connectivity index (χ3n) is 6.16. The number of nitrogens with two attached hydrogens (primary N) is 1. The summed E-state index contributed by atoms with van der Waals surface area (Å²) in [5.41, 5.74) is 6.49. The summed E-state index contributed by atoms with van der Waals surface area (Å²) in [6, 6.07) is 0.849. The molecule has 1 amide bonds. The van der Waals surface area contributed by atoms with Gasteiger partial charge in [0.25, 0.3) is 5.91 Å². The lowest BCUT2D eigenvalue weighted by molar-refractivity contribution is 0.0645. The fourth-order valence-electron chi connectivity index (χ4n) is 4.14. The van der Waals surface area contributed by atoms with Crippen molar-refractivity contribution in [3.8, 4) is 0 Å². The van der Waals surface area contributed by atoms with E-state index in [1.54, 1.807) is 12.4 Å². The zero-order valence-electron chi connectivity index (χ0n) is 18.7. The van der Waals surface area contributed by atoms with E-state index in [4.69, 9.17) is 15.4 Å². The number of amides is 1. The summed E-state index contributed by atoms with van der Waals surface area (Å²) in [5.74, 6) is 0.864. The molecule has 2 aromatic heterocycles. The van der Waals surface area contributed by atoms with Gasteiger partial charge in [0, 0.05) is 57.2 Å². The number of hydrogen-bond donors (Lipinski definition) is 2. The van der Waals surface area contributed by atoms with Crippen LogP contribution in [0.3, 0.4) is 0 Å². The number of aliphatic hydroxyl groups excluding tert-OH is 1. The molecule has 1 unspecified atom stereocenters. The molecule has 3 N–H and O–H groups in total. The first kappa shape index (κ1) is 22.4. The van der Waals surface area contributed by atoms with Crippen LogP contribution in [0.1, 0.15) is 55.2 Å². The maximum Gasteiger partial charge on any atom is 0.323 e. The van der Waals surface area contributed by atoms with Crippen LogP contribution in [-0.4, -0.2) is 80.8 Å². The molecule has 2 aliphatic rings. The van der Waals surface area contributed by atoms with Crippen LogP contribution in [0.25, 0.3) is 0 Å². The summed E-state index contributed by atoms with van der Waals surface area (Å²) < 4.78 is 5.18. The third kappa shape index (κ3) is 4.99. The smallest absolute Gasteiger partial charge is 0.323 e. The first-order valence-corrected chi connectivity index (χ1v) is 11.3. The number of hydrogen-bond acceptors (Lipinski definition) is 10. The highest BCUT2D eigenvalue weighted by atomic mass is 16.5. The molecule has 1 saturated heterocycles. The summed E-state index contributed by atoms with van der Waals surface area (Å²) >= 11 is 0. The Hall–Kier alpha value is -2.79. The quantitative estimate of drug-likeness (QED) is 0.541. The van der Waals surface area contributed by atoms with Crippen molar-refractivity contribution in [3.05, 3.63) is 23.8 Å². The van der Waals surface area contributed by atoms with Crippen molar-refractivity contribution >= 4 is 17.9 Å². The van der Waals surface area contributed by atoms with Crippen molar-refractivity contribution < 1.29 is 14.4 Å². The first-order valence-electron chi connectivity index (χ1n) is 11.3. The van der Waals surface area contributed by atoms with Crippen LogP contribution >= 0.6 is 0 Å². The monoisotopic (exact) mass is 444 g/mol. The molecule has 2 atom stereocenters. The Morgan fingerprint density at radius 1 is 1.34 bits per heavy atom. The van der Waals surface area contributed by atoms with Gasteiger partial charge in [-0.3, -0.25) is 4.79 Å². The molecular weight excluding hydrogens is 412 g/mol. The van der Waals surface area contributed by atoms with Crippen LogP contribution in [0.5, 0.6) is 0 Å². The second kappa shape index (κ2) is 9.78. The lowest BCUT2D eigenvalue weighted by Gasteiger charge is -2.32. The maximum atomic E-state index is 13.4. The van der Waals surface area contributed by atoms with Gasteiger partial charge in [-0.25, -0.2) is 9.97 Å². The summed E-state index contributed by atoms with van der Waals surface area (Å²) in [4.78, 5) is 32.3. The van der Waals surface area contributed by atoms with E-state index in [-0.39, 0.29) is 36.5 Å². The Bertz CT molecular complexity index is 901. The highest BCUT2D eigenvalue weighted by molar-refractivity contribution is 5.94. The lowest BCUT2D eigenvalue weighted by Crippen LogP contribution is -2.43. The van der Waals surface area contributed by atoms with Crippen LogP contribution in [0.4, 0.5) is 12.0 Å². The zero-order chi connectivity index (χ0) is 22.7. The van der Waals surface area contributed by atoms with Gasteiger partial charge >= 0.3 is 6.01 Å². The van der Waals surface area contributed by atoms with Gasteiger partial charge in [0.1, 0.15) is 6.61 Å². The molecule has 1 aliphatic heterocycles. The largest absolute Gasteiger partial charge is 0.388 e. The van der Waals surface area contributed by atoms with Crippen molar-refractivity contribution in [2.24, 2.45) is 5.73 Å². The predicted octanol–water partition coefficient (Wildman–Crippen LogP) is 0.799. The van der Waals surface area contributed by atoms with Crippen molar-refractivity contribution in [1.29, 1.82) is 0 Å². The lowest BCUT2D eigenvalue weighted by atomic mass is 10.1. The van der Waals surface area contributed by atoms with Gasteiger partial charge in [-0.2, -0.15) is 4.98 Å². The number of carbonyl (C=O) groups is 1. The van der Waals surface area contributed by atoms with Crippen LogP contribution in [0, 0.1) is 0 Å². The minimum absolute atomic E-state index is 0.0213. The van der Waals surface area contributed by atoms with Crippen molar-refractivity contribution in [2.45, 2.75) is 63.8 Å². The number of aliphatic hydroxyl groups is 1. The van der Waals surface area contributed by atoms with Crippen LogP contribution < -0.4 is 15.5 Å². The SMILES string of the molecule is CCC(CCN(C)c1nc(CO)no1)N(C(=O)c1cnc(N2CC[C@@H](N)C2)nc1)C1CC1. The molecule has 4 rings (SSSR count). The molecule has 1 saturated carbocycles. The second-order valence-electron chi connectivity index (χ2n) is 8.63. The average Bonchev–Trinajstić information content (AvgIpc) is 3.35. The van der Waals surface area contributed by atoms with E-state index < -0.39 is 0 Å². The van der Waals surface area contributed by atoms with E-state index in [0.29, 0.717) is 24.1 Å². The Labute approximate surface area is 187 Å². The van der Waals surface area contributed by atoms with Crippen molar-refractivity contribution in [2.75, 3.05) is 36.5 Å². The Balaban J connectivity index is 1.41. The molecule has 11 nitrogen and oxygen atoms in total. The van der Waals surface area contributed by atoms with E-state index >= 15 is 0 Å². The van der Waals surface area contributed by atoms with Gasteiger partial charge < -0.3 is 30.1 Å². The molecule has 2 aromatic rings. The molecule has 11 heteroatoms. The molecule has 0 bridgehead atoms. The van der Waals surface area contributed by atoms with Crippen LogP contribution in [0.2, 0.25) is 0 Å². The summed E-state index contributed by atoms with van der Waals surface area (Å²) in [6.45, 7) is 4.07. The van der Waals surface area contributed by atoms with E-state index in [9.17, 15) is 4.79 Å². The number of aromatic nitrogens is 4. The number of nitrogens with zero attached hydrogens (tertiary/aromatic N) is 7. The zero-order valence-corrected chi connectivity index (χ0v) is 18.7. The molecule has 0 spiro atoms. The minimum Gasteiger partial charge on any atom is -0.388 e. The van der Waals surface area contributed by atoms with E-state index in [0.717, 1.165) is 45.2 Å². The third-order valence-corrected chi connectivity index (χ3v) is 6.16. The normalized spacial score (nSPS) is 19.2. The molecule has 1 aliphatic carbocycles. The molecule has 2 fully saturated rings. The first-order chi connectivity index (χ1) is 15.5. The van der Waals surface area contributed by atoms with Crippen LogP contribution in [0.15, 0.2) is 16.9 Å². The summed E-state index contributed by atoms with van der Waals surface area (Å²) in [5, 5.41) is 12.8. The van der Waals surface area contributed by atoms with Gasteiger partial charge in [-0.05, 0) is 32.1 Å². The second-order valence-corrected chi connectivity index (χ2v) is 8.63. The summed E-state index contributed by atoms with van der Waals surface area (Å²) in [6.07, 6.45) is 7.84. The Kier molecular flexibility index (Phi) is 6.85. The topological polar surface area (TPSA) is 138 Å². The van der Waals surface area contributed by atoms with E-state index in [1.807, 2.05) is 16.8 Å². The number of rotatable bonds is 10. The standard InChI is InChI=1S/C21H32N8O3/c1-3-16(7-8-27(2)21-25-18(13-30)26-32-21)29(17-4-5-17)19(31)14-10-23-20(24-11-14)28-9-6-15(22)12-28/h10-11,15-17,30H,3-9,12-13,22H2,1-2H3/t15-,16?/m1/s1. The van der Waals surface area contributed by atoms with Gasteiger partial charge in [0.05, 0.1) is 5.56 Å². The molecule has 0 aromatic carbocycles. The average molecular weight is 445 g/mol. The van der Waals surface area contributed by atoms with E-state index in [2.05, 4.69) is 31.9 Å². The number of anilines is 2. The predicted molar refractivity (Wildman–Crippen MR) is 118 cm³/mol. The van der Waals surface area contributed by atoms with Crippen LogP contribution in [-0.2, 0) is 6.61 Å². The van der Waals surface area contributed by atoms with Crippen molar-refractivity contribution in [1.82, 2.24) is 25.0 Å². The van der Waals surface area contributed by atoms with Gasteiger partial charge in [0.2, 0.25) is 5.95 Å². The minimum atomic E-state index is -0.260. The highest BCUT2D eigenvalue weighted by Gasteiger charge is 2.37. The Morgan fingerprint density at radius 3 is 2.66 bits per heavy atom. The molecule has 32 heavy (non-hydrogen) atoms. The Morgan fingerprint density at radius 2 is 2.09 bits per heavy atom. The van der Waals surface area contributed by atoms with Gasteiger partial charge in [-0.1, -0.05) is 12.1 Å². The molecule has 3 heterocycles.